The Morgan fingerprint density at radius 3 is 2.62 bits per heavy atom. The van der Waals surface area contributed by atoms with Crippen LogP contribution in [0.5, 0.6) is 0 Å². The molecule has 0 saturated carbocycles. The molecule has 1 aliphatic rings. The van der Waals surface area contributed by atoms with E-state index in [1.54, 1.807) is 0 Å². The fourth-order valence-electron chi connectivity index (χ4n) is 2.02. The summed E-state index contributed by atoms with van der Waals surface area (Å²) in [7, 11) is 0. The summed E-state index contributed by atoms with van der Waals surface area (Å²) in [6.07, 6.45) is 2.47. The van der Waals surface area contributed by atoms with Gasteiger partial charge in [0.05, 0.1) is 33.0 Å². The quantitative estimate of drug-likeness (QED) is 0.521. The molecule has 16 heavy (non-hydrogen) atoms. The zero-order valence-electron chi connectivity index (χ0n) is 9.94. The Balaban J connectivity index is 1.90. The Morgan fingerprint density at radius 2 is 1.94 bits per heavy atom. The van der Waals surface area contributed by atoms with Crippen molar-refractivity contribution >= 4 is 0 Å². The summed E-state index contributed by atoms with van der Waals surface area (Å²) in [4.78, 5) is 2.40. The van der Waals surface area contributed by atoms with Crippen molar-refractivity contribution in [3.8, 4) is 0 Å². The summed E-state index contributed by atoms with van der Waals surface area (Å²) in [5.41, 5.74) is 5.68. The van der Waals surface area contributed by atoms with Crippen LogP contribution in [0.25, 0.3) is 0 Å². The number of hydrogen-bond acceptors (Lipinski definition) is 5. The van der Waals surface area contributed by atoms with Gasteiger partial charge in [-0.25, -0.2) is 0 Å². The molecule has 0 radical (unpaired) electrons. The SMILES string of the molecule is NCC1CCCN1CCOCCOCCO. The summed E-state index contributed by atoms with van der Waals surface area (Å²) < 4.78 is 10.5. The number of nitrogens with zero attached hydrogens (tertiary/aromatic N) is 1. The van der Waals surface area contributed by atoms with Gasteiger partial charge in [-0.3, -0.25) is 4.90 Å². The summed E-state index contributed by atoms with van der Waals surface area (Å²) in [5, 5.41) is 8.48. The molecule has 5 nitrogen and oxygen atoms in total. The number of rotatable bonds is 9. The first-order valence-corrected chi connectivity index (χ1v) is 6.09. The van der Waals surface area contributed by atoms with Crippen molar-refractivity contribution in [2.24, 2.45) is 5.73 Å². The number of hydrogen-bond donors (Lipinski definition) is 2. The van der Waals surface area contributed by atoms with Crippen LogP contribution in [-0.4, -0.2) is 68.7 Å². The first-order valence-electron chi connectivity index (χ1n) is 6.09. The smallest absolute Gasteiger partial charge is 0.0701 e. The lowest BCUT2D eigenvalue weighted by Gasteiger charge is -2.22. The van der Waals surface area contributed by atoms with E-state index in [9.17, 15) is 0 Å². The summed E-state index contributed by atoms with van der Waals surface area (Å²) in [6.45, 7) is 5.21. The molecule has 0 aliphatic carbocycles. The second-order valence-electron chi connectivity index (χ2n) is 4.02. The maximum atomic E-state index is 8.48. The molecule has 1 rings (SSSR count). The number of nitrogens with two attached hydrogens (primary N) is 1. The standard InChI is InChI=1S/C11H24N2O3/c12-10-11-2-1-3-13(11)4-6-15-8-9-16-7-5-14/h11,14H,1-10,12H2. The van der Waals surface area contributed by atoms with E-state index in [1.165, 1.54) is 12.8 Å². The van der Waals surface area contributed by atoms with Crippen LogP contribution in [0.2, 0.25) is 0 Å². The maximum Gasteiger partial charge on any atom is 0.0701 e. The van der Waals surface area contributed by atoms with E-state index < -0.39 is 0 Å². The highest BCUT2D eigenvalue weighted by atomic mass is 16.5. The Kier molecular flexibility index (Phi) is 7.71. The second-order valence-corrected chi connectivity index (χ2v) is 4.02. The van der Waals surface area contributed by atoms with Crippen LogP contribution in [-0.2, 0) is 9.47 Å². The number of likely N-dealkylation sites (tertiary alicyclic amines) is 1. The minimum Gasteiger partial charge on any atom is -0.394 e. The van der Waals surface area contributed by atoms with Gasteiger partial charge in [0.1, 0.15) is 0 Å². The molecule has 0 amide bonds. The third-order valence-corrected chi connectivity index (χ3v) is 2.90. The topological polar surface area (TPSA) is 68.0 Å². The van der Waals surface area contributed by atoms with Crippen molar-refractivity contribution in [2.45, 2.75) is 18.9 Å². The third-order valence-electron chi connectivity index (χ3n) is 2.90. The van der Waals surface area contributed by atoms with Crippen molar-refractivity contribution in [3.63, 3.8) is 0 Å². The first kappa shape index (κ1) is 13.9. The van der Waals surface area contributed by atoms with Crippen molar-refractivity contribution in [1.29, 1.82) is 0 Å². The van der Waals surface area contributed by atoms with Gasteiger partial charge >= 0.3 is 0 Å². The van der Waals surface area contributed by atoms with Crippen LogP contribution in [0.15, 0.2) is 0 Å². The minimum atomic E-state index is 0.0754. The molecule has 1 atom stereocenters. The molecule has 1 fully saturated rings. The average Bonchev–Trinajstić information content (AvgIpc) is 2.75. The molecule has 1 unspecified atom stereocenters. The van der Waals surface area contributed by atoms with Crippen molar-refractivity contribution in [1.82, 2.24) is 4.90 Å². The summed E-state index contributed by atoms with van der Waals surface area (Å²) >= 11 is 0. The van der Waals surface area contributed by atoms with E-state index >= 15 is 0 Å². The first-order chi connectivity index (χ1) is 7.88. The van der Waals surface area contributed by atoms with Crippen LogP contribution < -0.4 is 5.73 Å². The third kappa shape index (κ3) is 5.23. The number of aliphatic hydroxyl groups excluding tert-OH is 1. The van der Waals surface area contributed by atoms with Gasteiger partial charge in [0.15, 0.2) is 0 Å². The molecule has 0 bridgehead atoms. The van der Waals surface area contributed by atoms with E-state index in [-0.39, 0.29) is 6.61 Å². The summed E-state index contributed by atoms with van der Waals surface area (Å²) in [6, 6.07) is 0.550. The van der Waals surface area contributed by atoms with Gasteiger partial charge in [-0.1, -0.05) is 0 Å². The molecule has 1 saturated heterocycles. The van der Waals surface area contributed by atoms with Gasteiger partial charge in [0.2, 0.25) is 0 Å². The van der Waals surface area contributed by atoms with Crippen molar-refractivity contribution in [2.75, 3.05) is 52.7 Å². The lowest BCUT2D eigenvalue weighted by atomic mass is 10.2. The normalized spacial score (nSPS) is 21.8. The largest absolute Gasteiger partial charge is 0.394 e. The highest BCUT2D eigenvalue weighted by Gasteiger charge is 2.22. The van der Waals surface area contributed by atoms with Gasteiger partial charge in [-0.2, -0.15) is 0 Å². The fraction of sp³-hybridized carbons (Fsp3) is 1.00. The molecule has 5 heteroatoms. The number of ether oxygens (including phenoxy) is 2. The predicted octanol–water partition coefficient (Wildman–Crippen LogP) is -0.565. The van der Waals surface area contributed by atoms with Gasteiger partial charge < -0.3 is 20.3 Å². The van der Waals surface area contributed by atoms with Crippen LogP contribution in [0.3, 0.4) is 0 Å². The monoisotopic (exact) mass is 232 g/mol. The highest BCUT2D eigenvalue weighted by molar-refractivity contribution is 4.79. The van der Waals surface area contributed by atoms with Crippen molar-refractivity contribution in [3.05, 3.63) is 0 Å². The average molecular weight is 232 g/mol. The van der Waals surface area contributed by atoms with Gasteiger partial charge in [0, 0.05) is 19.1 Å². The van der Waals surface area contributed by atoms with Crippen LogP contribution in [0.1, 0.15) is 12.8 Å². The lowest BCUT2D eigenvalue weighted by molar-refractivity contribution is 0.0258. The molecule has 0 spiro atoms. The minimum absolute atomic E-state index is 0.0754. The Labute approximate surface area is 97.5 Å². The van der Waals surface area contributed by atoms with E-state index in [1.807, 2.05) is 0 Å². The zero-order chi connectivity index (χ0) is 11.6. The van der Waals surface area contributed by atoms with Crippen LogP contribution in [0, 0.1) is 0 Å². The van der Waals surface area contributed by atoms with Gasteiger partial charge in [-0.05, 0) is 19.4 Å². The molecule has 1 aliphatic heterocycles. The van der Waals surface area contributed by atoms with E-state index in [4.69, 9.17) is 20.3 Å². The molecule has 96 valence electrons. The van der Waals surface area contributed by atoms with Gasteiger partial charge in [0.25, 0.3) is 0 Å². The molecular weight excluding hydrogens is 208 g/mol. The van der Waals surface area contributed by atoms with Gasteiger partial charge in [-0.15, -0.1) is 0 Å². The molecule has 0 aromatic heterocycles. The highest BCUT2D eigenvalue weighted by Crippen LogP contribution is 2.14. The van der Waals surface area contributed by atoms with Crippen LogP contribution in [0.4, 0.5) is 0 Å². The van der Waals surface area contributed by atoms with E-state index in [0.29, 0.717) is 25.9 Å². The molecule has 1 heterocycles. The van der Waals surface area contributed by atoms with Crippen LogP contribution >= 0.6 is 0 Å². The Morgan fingerprint density at radius 1 is 1.19 bits per heavy atom. The molecular formula is C11H24N2O3. The molecule has 0 aromatic rings. The molecule has 0 aromatic carbocycles. The fourth-order valence-corrected chi connectivity index (χ4v) is 2.02. The number of aliphatic hydroxyl groups is 1. The second kappa shape index (κ2) is 8.90. The molecule has 3 N–H and O–H groups in total. The Bertz CT molecular complexity index is 169. The zero-order valence-corrected chi connectivity index (χ0v) is 9.94. The van der Waals surface area contributed by atoms with E-state index in [2.05, 4.69) is 4.90 Å². The maximum absolute atomic E-state index is 8.48. The lowest BCUT2D eigenvalue weighted by Crippen LogP contribution is -2.37. The summed E-state index contributed by atoms with van der Waals surface area (Å²) in [5.74, 6) is 0. The van der Waals surface area contributed by atoms with E-state index in [0.717, 1.165) is 26.2 Å². The predicted molar refractivity (Wildman–Crippen MR) is 62.4 cm³/mol. The Hall–Kier alpha value is -0.200. The van der Waals surface area contributed by atoms with Crippen molar-refractivity contribution < 1.29 is 14.6 Å².